The molecule has 2 unspecified atom stereocenters. The third kappa shape index (κ3) is 2.53. The molecule has 1 aromatic carbocycles. The minimum absolute atomic E-state index is 0.306. The van der Waals surface area contributed by atoms with Gasteiger partial charge in [0.05, 0.1) is 16.4 Å². The van der Waals surface area contributed by atoms with Gasteiger partial charge in [-0.3, -0.25) is 9.59 Å². The maximum Gasteiger partial charge on any atom is 0.317 e. The molecule has 0 amide bonds. The Bertz CT molecular complexity index is 581. The van der Waals surface area contributed by atoms with Crippen LogP contribution in [0.15, 0.2) is 24.3 Å². The van der Waals surface area contributed by atoms with Gasteiger partial charge in [-0.25, -0.2) is 0 Å². The molecule has 1 aliphatic carbocycles. The first kappa shape index (κ1) is 15.8. The second-order valence-corrected chi connectivity index (χ2v) is 6.71. The summed E-state index contributed by atoms with van der Waals surface area (Å²) in [5.74, 6) is -1.54. The van der Waals surface area contributed by atoms with E-state index in [1.807, 2.05) is 13.8 Å². The van der Waals surface area contributed by atoms with E-state index in [0.717, 1.165) is 0 Å². The molecular weight excluding hydrogens is 292 g/mol. The van der Waals surface area contributed by atoms with E-state index in [4.69, 9.17) is 16.3 Å². The van der Waals surface area contributed by atoms with Gasteiger partial charge in [-0.1, -0.05) is 37.6 Å². The Balaban J connectivity index is 2.27. The van der Waals surface area contributed by atoms with Crippen molar-refractivity contribution in [3.05, 3.63) is 29.3 Å². The van der Waals surface area contributed by atoms with Gasteiger partial charge in [0.1, 0.15) is 5.75 Å². The summed E-state index contributed by atoms with van der Waals surface area (Å²) < 4.78 is 5.43. The van der Waals surface area contributed by atoms with Crippen molar-refractivity contribution in [1.29, 1.82) is 0 Å². The molecule has 1 N–H and O–H groups in total. The van der Waals surface area contributed by atoms with Crippen LogP contribution in [0.1, 0.15) is 33.6 Å². The van der Waals surface area contributed by atoms with Crippen molar-refractivity contribution in [1.82, 2.24) is 0 Å². The minimum atomic E-state index is -0.866. The van der Waals surface area contributed by atoms with Gasteiger partial charge in [-0.05, 0) is 37.3 Å². The number of para-hydroxylation sites is 1. The topological polar surface area (TPSA) is 63.6 Å². The predicted octanol–water partition coefficient (Wildman–Crippen LogP) is 3.77. The lowest BCUT2D eigenvalue weighted by Gasteiger charge is -2.38. The molecule has 0 heterocycles. The summed E-state index contributed by atoms with van der Waals surface area (Å²) in [7, 11) is 0. The summed E-state index contributed by atoms with van der Waals surface area (Å²) in [6, 6.07) is 6.75. The Morgan fingerprint density at radius 3 is 2.43 bits per heavy atom. The van der Waals surface area contributed by atoms with Crippen molar-refractivity contribution >= 4 is 23.5 Å². The molecule has 1 aromatic rings. The van der Waals surface area contributed by atoms with Crippen LogP contribution in [-0.2, 0) is 9.59 Å². The van der Waals surface area contributed by atoms with Crippen molar-refractivity contribution in [3.8, 4) is 5.75 Å². The zero-order chi connectivity index (χ0) is 15.8. The van der Waals surface area contributed by atoms with Gasteiger partial charge in [-0.2, -0.15) is 0 Å². The van der Waals surface area contributed by atoms with E-state index in [1.165, 1.54) is 0 Å². The van der Waals surface area contributed by atoms with Crippen LogP contribution < -0.4 is 4.74 Å². The van der Waals surface area contributed by atoms with E-state index in [2.05, 4.69) is 0 Å². The molecule has 4 nitrogen and oxygen atoms in total. The number of hydrogen-bond donors (Lipinski definition) is 1. The molecule has 1 fully saturated rings. The molecule has 0 spiro atoms. The number of carbonyl (C=O) groups excluding carboxylic acids is 1. The van der Waals surface area contributed by atoms with Gasteiger partial charge in [0.25, 0.3) is 0 Å². The summed E-state index contributed by atoms with van der Waals surface area (Å²) in [6.45, 7) is 5.40. The summed E-state index contributed by atoms with van der Waals surface area (Å²) in [4.78, 5) is 24.0. The Morgan fingerprint density at radius 1 is 1.29 bits per heavy atom. The van der Waals surface area contributed by atoms with Gasteiger partial charge >= 0.3 is 11.9 Å². The monoisotopic (exact) mass is 310 g/mol. The molecule has 114 valence electrons. The molecule has 0 saturated heterocycles. The van der Waals surface area contributed by atoms with Crippen molar-refractivity contribution in [2.24, 2.45) is 16.7 Å². The molecule has 1 saturated carbocycles. The molecule has 0 aliphatic heterocycles. The highest BCUT2D eigenvalue weighted by Gasteiger charge is 2.59. The van der Waals surface area contributed by atoms with Crippen molar-refractivity contribution in [2.45, 2.75) is 33.6 Å². The number of carboxylic acids is 1. The van der Waals surface area contributed by atoms with E-state index >= 15 is 0 Å². The van der Waals surface area contributed by atoms with Gasteiger partial charge in [0.15, 0.2) is 0 Å². The number of ether oxygens (including phenoxy) is 1. The maximum absolute atomic E-state index is 12.6. The van der Waals surface area contributed by atoms with Gasteiger partial charge in [-0.15, -0.1) is 0 Å². The van der Waals surface area contributed by atoms with Crippen molar-refractivity contribution < 1.29 is 19.4 Å². The molecule has 21 heavy (non-hydrogen) atoms. The fourth-order valence-corrected chi connectivity index (χ4v) is 3.21. The number of esters is 1. The number of aliphatic carboxylic acids is 1. The number of halogens is 1. The first-order chi connectivity index (χ1) is 9.70. The van der Waals surface area contributed by atoms with Crippen molar-refractivity contribution in [3.63, 3.8) is 0 Å². The van der Waals surface area contributed by atoms with Crippen molar-refractivity contribution in [2.75, 3.05) is 0 Å². The Labute approximate surface area is 129 Å². The van der Waals surface area contributed by atoms with Crippen LogP contribution >= 0.6 is 11.6 Å². The molecular formula is C16H19ClO4. The third-order valence-electron chi connectivity index (χ3n) is 5.01. The highest BCUT2D eigenvalue weighted by molar-refractivity contribution is 6.32. The zero-order valence-corrected chi connectivity index (χ0v) is 13.1. The quantitative estimate of drug-likeness (QED) is 0.682. The first-order valence-corrected chi connectivity index (χ1v) is 7.27. The van der Waals surface area contributed by atoms with Crippen LogP contribution in [0.25, 0.3) is 0 Å². The average Bonchev–Trinajstić information content (AvgIpc) is 2.64. The standard InChI is InChI=1S/C16H19ClO4/c1-15(2)10(13(18)19)8-9-16(15,3)14(20)21-12-7-5-4-6-11(12)17/h4-7,10H,8-9H2,1-3H3,(H,18,19). The number of benzene rings is 1. The van der Waals surface area contributed by atoms with E-state index in [1.54, 1.807) is 31.2 Å². The van der Waals surface area contributed by atoms with Gasteiger partial charge < -0.3 is 9.84 Å². The summed E-state index contributed by atoms with van der Waals surface area (Å²) in [5, 5.41) is 9.68. The minimum Gasteiger partial charge on any atom is -0.481 e. The first-order valence-electron chi connectivity index (χ1n) is 6.90. The van der Waals surface area contributed by atoms with E-state index in [0.29, 0.717) is 23.6 Å². The molecule has 5 heteroatoms. The smallest absolute Gasteiger partial charge is 0.317 e. The van der Waals surface area contributed by atoms with E-state index < -0.39 is 28.7 Å². The molecule has 1 aliphatic rings. The van der Waals surface area contributed by atoms with Crippen LogP contribution in [0.3, 0.4) is 0 Å². The van der Waals surface area contributed by atoms with E-state index in [9.17, 15) is 14.7 Å². The number of carbonyl (C=O) groups is 2. The molecule has 2 atom stereocenters. The average molecular weight is 311 g/mol. The molecule has 2 rings (SSSR count). The molecule has 0 bridgehead atoms. The number of hydrogen-bond acceptors (Lipinski definition) is 3. The van der Waals surface area contributed by atoms with Crippen LogP contribution in [0.2, 0.25) is 5.02 Å². The van der Waals surface area contributed by atoms with Crippen LogP contribution in [0.5, 0.6) is 5.75 Å². The van der Waals surface area contributed by atoms with Gasteiger partial charge in [0, 0.05) is 0 Å². The molecule has 0 aromatic heterocycles. The number of carboxylic acid groups (broad SMARTS) is 1. The number of rotatable bonds is 3. The maximum atomic E-state index is 12.6. The summed E-state index contributed by atoms with van der Waals surface area (Å²) in [5.41, 5.74) is -1.54. The SMILES string of the molecule is CC1(C(=O)Oc2ccccc2Cl)CCC(C(=O)O)C1(C)C. The third-order valence-corrected chi connectivity index (χ3v) is 5.33. The summed E-state index contributed by atoms with van der Waals surface area (Å²) in [6.07, 6.45) is 0.955. The van der Waals surface area contributed by atoms with Crippen LogP contribution in [0.4, 0.5) is 0 Å². The van der Waals surface area contributed by atoms with Crippen LogP contribution in [-0.4, -0.2) is 17.0 Å². The second kappa shape index (κ2) is 5.34. The highest BCUT2D eigenvalue weighted by atomic mass is 35.5. The predicted molar refractivity (Wildman–Crippen MR) is 79.3 cm³/mol. The Kier molecular flexibility index (Phi) is 4.02. The fourth-order valence-electron chi connectivity index (χ4n) is 3.04. The lowest BCUT2D eigenvalue weighted by Crippen LogP contribution is -2.44. The second-order valence-electron chi connectivity index (χ2n) is 6.30. The van der Waals surface area contributed by atoms with E-state index in [-0.39, 0.29) is 0 Å². The Hall–Kier alpha value is -1.55. The normalized spacial score (nSPS) is 27.3. The lowest BCUT2D eigenvalue weighted by molar-refractivity contribution is -0.155. The largest absolute Gasteiger partial charge is 0.481 e. The van der Waals surface area contributed by atoms with Gasteiger partial charge in [0.2, 0.25) is 0 Å². The zero-order valence-electron chi connectivity index (χ0n) is 12.4. The molecule has 0 radical (unpaired) electrons. The lowest BCUT2D eigenvalue weighted by atomic mass is 9.65. The Morgan fingerprint density at radius 2 is 1.90 bits per heavy atom. The van der Waals surface area contributed by atoms with Crippen LogP contribution in [0, 0.1) is 16.7 Å². The highest BCUT2D eigenvalue weighted by Crippen LogP contribution is 2.56. The summed E-state index contributed by atoms with van der Waals surface area (Å²) >= 11 is 6.00. The fraction of sp³-hybridized carbons (Fsp3) is 0.500.